The van der Waals surface area contributed by atoms with Crippen LogP contribution in [0.1, 0.15) is 30.3 Å². The maximum absolute atomic E-state index is 13.4. The van der Waals surface area contributed by atoms with Gasteiger partial charge in [0.15, 0.2) is 11.3 Å². The summed E-state index contributed by atoms with van der Waals surface area (Å²) in [6.45, 7) is 2.14. The summed E-state index contributed by atoms with van der Waals surface area (Å²) in [6.07, 6.45) is 2.89. The standard InChI is InChI=1S/C16H17F3N4S/c1-3-4-11-7-8-22(9-11)10-12-15(16(17,18)19)20-13-5-6-14(24-2)21-23(12)13/h5-9H,3-4,10H2,1-2H3. The van der Waals surface area contributed by atoms with Crippen molar-refractivity contribution in [3.8, 4) is 0 Å². The van der Waals surface area contributed by atoms with E-state index >= 15 is 0 Å². The molecule has 0 aliphatic carbocycles. The Morgan fingerprint density at radius 3 is 2.67 bits per heavy atom. The van der Waals surface area contributed by atoms with Crippen molar-refractivity contribution in [1.29, 1.82) is 0 Å². The molecule has 24 heavy (non-hydrogen) atoms. The fraction of sp³-hybridized carbons (Fsp3) is 0.375. The average molecular weight is 354 g/mol. The summed E-state index contributed by atoms with van der Waals surface area (Å²) >= 11 is 1.38. The van der Waals surface area contributed by atoms with E-state index in [0.29, 0.717) is 5.03 Å². The number of hydrogen-bond acceptors (Lipinski definition) is 3. The molecule has 128 valence electrons. The third kappa shape index (κ3) is 3.28. The Bertz CT molecular complexity index is 851. The molecule has 0 saturated carbocycles. The lowest BCUT2D eigenvalue weighted by atomic mass is 10.2. The number of imidazole rings is 1. The van der Waals surface area contributed by atoms with Gasteiger partial charge in [0, 0.05) is 12.4 Å². The molecule has 0 aliphatic heterocycles. The first-order valence-corrected chi connectivity index (χ1v) is 8.79. The molecule has 0 atom stereocenters. The number of alkyl halides is 3. The van der Waals surface area contributed by atoms with Crippen molar-refractivity contribution >= 4 is 17.4 Å². The molecule has 0 unspecified atom stereocenters. The summed E-state index contributed by atoms with van der Waals surface area (Å²) in [5.41, 5.74) is 0.486. The van der Waals surface area contributed by atoms with Crippen LogP contribution < -0.4 is 0 Å². The van der Waals surface area contributed by atoms with Crippen molar-refractivity contribution in [2.24, 2.45) is 0 Å². The lowest BCUT2D eigenvalue weighted by Crippen LogP contribution is -2.13. The first kappa shape index (κ1) is 16.9. The zero-order valence-corrected chi connectivity index (χ0v) is 14.2. The number of halogens is 3. The van der Waals surface area contributed by atoms with E-state index in [2.05, 4.69) is 17.0 Å². The minimum absolute atomic E-state index is 0.0482. The maximum atomic E-state index is 13.4. The van der Waals surface area contributed by atoms with Gasteiger partial charge in [-0.3, -0.25) is 0 Å². The average Bonchev–Trinajstić information content (AvgIpc) is 3.12. The van der Waals surface area contributed by atoms with Gasteiger partial charge in [-0.15, -0.1) is 11.8 Å². The number of aryl methyl sites for hydroxylation is 1. The van der Waals surface area contributed by atoms with E-state index in [0.717, 1.165) is 18.4 Å². The van der Waals surface area contributed by atoms with Crippen molar-refractivity contribution in [3.05, 3.63) is 47.5 Å². The normalized spacial score (nSPS) is 12.2. The van der Waals surface area contributed by atoms with Gasteiger partial charge in [-0.1, -0.05) is 13.3 Å². The van der Waals surface area contributed by atoms with Crippen molar-refractivity contribution < 1.29 is 13.2 Å². The number of hydrogen-bond donors (Lipinski definition) is 0. The van der Waals surface area contributed by atoms with Crippen LogP contribution in [0.3, 0.4) is 0 Å². The monoisotopic (exact) mass is 354 g/mol. The van der Waals surface area contributed by atoms with Gasteiger partial charge in [-0.25, -0.2) is 9.50 Å². The fourth-order valence-corrected chi connectivity index (χ4v) is 3.01. The topological polar surface area (TPSA) is 35.1 Å². The quantitative estimate of drug-likeness (QED) is 0.642. The molecule has 0 amide bonds. The summed E-state index contributed by atoms with van der Waals surface area (Å²) in [4.78, 5) is 3.75. The van der Waals surface area contributed by atoms with Crippen molar-refractivity contribution in [1.82, 2.24) is 19.2 Å². The van der Waals surface area contributed by atoms with Gasteiger partial charge in [0.1, 0.15) is 5.03 Å². The van der Waals surface area contributed by atoms with Crippen LogP contribution in [0.5, 0.6) is 0 Å². The second-order valence-electron chi connectivity index (χ2n) is 5.49. The van der Waals surface area contributed by atoms with E-state index in [1.165, 1.54) is 16.3 Å². The van der Waals surface area contributed by atoms with Gasteiger partial charge in [-0.05, 0) is 36.4 Å². The molecule has 0 bridgehead atoms. The Morgan fingerprint density at radius 1 is 1.21 bits per heavy atom. The van der Waals surface area contributed by atoms with Crippen LogP contribution in [0.4, 0.5) is 13.2 Å². The molecule has 3 rings (SSSR count). The van der Waals surface area contributed by atoms with Crippen LogP contribution in [0, 0.1) is 0 Å². The summed E-state index contributed by atoms with van der Waals surface area (Å²) < 4.78 is 43.2. The summed E-state index contributed by atoms with van der Waals surface area (Å²) in [5, 5.41) is 4.92. The SMILES string of the molecule is CCCc1ccn(Cc2c(C(F)(F)F)nc3ccc(SC)nn23)c1. The smallest absolute Gasteiger partial charge is 0.348 e. The second kappa shape index (κ2) is 6.51. The molecule has 8 heteroatoms. The Morgan fingerprint density at radius 2 is 2.00 bits per heavy atom. The maximum Gasteiger partial charge on any atom is 0.435 e. The molecular weight excluding hydrogens is 337 g/mol. The van der Waals surface area contributed by atoms with E-state index in [-0.39, 0.29) is 17.9 Å². The molecule has 0 radical (unpaired) electrons. The molecule has 0 N–H and O–H groups in total. The molecule has 3 aromatic rings. The van der Waals surface area contributed by atoms with Gasteiger partial charge < -0.3 is 4.57 Å². The Labute approximate surface area is 141 Å². The van der Waals surface area contributed by atoms with Crippen molar-refractivity contribution in [3.63, 3.8) is 0 Å². The van der Waals surface area contributed by atoms with Gasteiger partial charge in [0.05, 0.1) is 12.2 Å². The van der Waals surface area contributed by atoms with Gasteiger partial charge in [0.2, 0.25) is 0 Å². The second-order valence-corrected chi connectivity index (χ2v) is 6.32. The van der Waals surface area contributed by atoms with Crippen LogP contribution in [-0.2, 0) is 19.1 Å². The zero-order chi connectivity index (χ0) is 17.3. The van der Waals surface area contributed by atoms with Crippen molar-refractivity contribution in [2.45, 2.75) is 37.5 Å². The highest BCUT2D eigenvalue weighted by Gasteiger charge is 2.38. The summed E-state index contributed by atoms with van der Waals surface area (Å²) in [5.74, 6) is 0. The van der Waals surface area contributed by atoms with Crippen LogP contribution in [-0.4, -0.2) is 25.4 Å². The van der Waals surface area contributed by atoms with E-state index in [1.807, 2.05) is 18.5 Å². The van der Waals surface area contributed by atoms with Crippen LogP contribution in [0.15, 0.2) is 35.6 Å². The summed E-state index contributed by atoms with van der Waals surface area (Å²) in [7, 11) is 0. The van der Waals surface area contributed by atoms with Gasteiger partial charge in [0.25, 0.3) is 0 Å². The Hall–Kier alpha value is -1.96. The number of fused-ring (bicyclic) bond motifs is 1. The van der Waals surface area contributed by atoms with E-state index < -0.39 is 11.9 Å². The lowest BCUT2D eigenvalue weighted by Gasteiger charge is -2.08. The molecule has 0 spiro atoms. The lowest BCUT2D eigenvalue weighted by molar-refractivity contribution is -0.141. The largest absolute Gasteiger partial charge is 0.435 e. The van der Waals surface area contributed by atoms with Crippen LogP contribution in [0.25, 0.3) is 5.65 Å². The summed E-state index contributed by atoms with van der Waals surface area (Å²) in [6, 6.07) is 5.17. The molecule has 0 aromatic carbocycles. The highest BCUT2D eigenvalue weighted by atomic mass is 32.2. The molecule has 0 fully saturated rings. The highest BCUT2D eigenvalue weighted by Crippen LogP contribution is 2.32. The van der Waals surface area contributed by atoms with Crippen LogP contribution >= 0.6 is 11.8 Å². The molecule has 3 aromatic heterocycles. The molecule has 4 nitrogen and oxygen atoms in total. The van der Waals surface area contributed by atoms with E-state index in [4.69, 9.17) is 0 Å². The number of rotatable bonds is 5. The predicted molar refractivity (Wildman–Crippen MR) is 87.3 cm³/mol. The first-order chi connectivity index (χ1) is 11.4. The Kier molecular flexibility index (Phi) is 4.58. The number of nitrogens with zero attached hydrogens (tertiary/aromatic N) is 4. The highest BCUT2D eigenvalue weighted by molar-refractivity contribution is 7.98. The molecule has 0 aliphatic rings. The zero-order valence-electron chi connectivity index (χ0n) is 13.3. The third-order valence-electron chi connectivity index (χ3n) is 3.71. The van der Waals surface area contributed by atoms with E-state index in [1.54, 1.807) is 22.9 Å². The number of thioether (sulfide) groups is 1. The van der Waals surface area contributed by atoms with E-state index in [9.17, 15) is 13.2 Å². The minimum Gasteiger partial charge on any atom is -0.348 e. The van der Waals surface area contributed by atoms with Crippen molar-refractivity contribution in [2.75, 3.05) is 6.26 Å². The fourth-order valence-electron chi connectivity index (χ4n) is 2.64. The molecule has 3 heterocycles. The van der Waals surface area contributed by atoms with Gasteiger partial charge >= 0.3 is 6.18 Å². The molecule has 0 saturated heterocycles. The Balaban J connectivity index is 2.08. The first-order valence-electron chi connectivity index (χ1n) is 7.57. The minimum atomic E-state index is -4.51. The van der Waals surface area contributed by atoms with Gasteiger partial charge in [-0.2, -0.15) is 18.3 Å². The molecular formula is C16H17F3N4S. The number of aromatic nitrogens is 4. The van der Waals surface area contributed by atoms with Crippen LogP contribution in [0.2, 0.25) is 0 Å². The predicted octanol–water partition coefficient (Wildman–Crippen LogP) is 4.27. The third-order valence-corrected chi connectivity index (χ3v) is 4.34.